The van der Waals surface area contributed by atoms with Gasteiger partial charge in [-0.15, -0.1) is 0 Å². The predicted molar refractivity (Wildman–Crippen MR) is 93.5 cm³/mol. The summed E-state index contributed by atoms with van der Waals surface area (Å²) in [5.41, 5.74) is 3.63. The largest absolute Gasteiger partial charge is 0.396 e. The molecule has 3 aromatic heterocycles. The number of aliphatic hydroxyl groups excluding tert-OH is 1. The highest BCUT2D eigenvalue weighted by molar-refractivity contribution is 6.33. The Morgan fingerprint density at radius 3 is 2.92 bits per heavy atom. The van der Waals surface area contributed by atoms with Crippen LogP contribution in [0.2, 0.25) is 5.02 Å². The Hall–Kier alpha value is -2.18. The van der Waals surface area contributed by atoms with E-state index in [2.05, 4.69) is 20.3 Å². The van der Waals surface area contributed by atoms with Gasteiger partial charge in [0.2, 0.25) is 0 Å². The second-order valence-corrected chi connectivity index (χ2v) is 6.52. The van der Waals surface area contributed by atoms with Crippen molar-refractivity contribution in [2.24, 2.45) is 0 Å². The van der Waals surface area contributed by atoms with Gasteiger partial charge in [-0.05, 0) is 12.8 Å². The molecule has 0 bridgehead atoms. The van der Waals surface area contributed by atoms with Crippen molar-refractivity contribution in [3.05, 3.63) is 41.2 Å². The van der Waals surface area contributed by atoms with Gasteiger partial charge in [0.05, 0.1) is 17.3 Å². The lowest BCUT2D eigenvalue weighted by Gasteiger charge is -2.14. The maximum atomic E-state index is 9.21. The van der Waals surface area contributed by atoms with Crippen LogP contribution in [0.3, 0.4) is 0 Å². The van der Waals surface area contributed by atoms with E-state index in [-0.39, 0.29) is 12.5 Å². The highest BCUT2D eigenvalue weighted by Crippen LogP contribution is 2.32. The average molecular weight is 344 g/mol. The first-order valence-electron chi connectivity index (χ1n) is 8.05. The normalized spacial score (nSPS) is 15.1. The van der Waals surface area contributed by atoms with E-state index in [1.807, 2.05) is 23.6 Å². The molecular weight excluding hydrogens is 326 g/mol. The van der Waals surface area contributed by atoms with Crippen molar-refractivity contribution in [2.45, 2.75) is 25.7 Å². The fourth-order valence-corrected chi connectivity index (χ4v) is 3.22. The Balaban J connectivity index is 1.80. The average Bonchev–Trinajstić information content (AvgIpc) is 2.97. The number of aliphatic hydroxyl groups is 1. The van der Waals surface area contributed by atoms with Crippen LogP contribution >= 0.6 is 11.6 Å². The predicted octanol–water partition coefficient (Wildman–Crippen LogP) is 2.90. The van der Waals surface area contributed by atoms with Crippen LogP contribution in [0, 0.1) is 0 Å². The number of fused-ring (bicyclic) bond motifs is 3. The molecule has 7 heteroatoms. The Bertz CT molecular complexity index is 890. The summed E-state index contributed by atoms with van der Waals surface area (Å²) >= 11 is 6.46. The van der Waals surface area contributed by atoms with Crippen molar-refractivity contribution < 1.29 is 5.11 Å². The number of imidazole rings is 1. The number of rotatable bonds is 3. The fourth-order valence-electron chi connectivity index (χ4n) is 2.96. The number of aromatic nitrogens is 4. The van der Waals surface area contributed by atoms with Crippen LogP contribution in [0.4, 0.5) is 5.82 Å². The molecule has 0 spiro atoms. The van der Waals surface area contributed by atoms with E-state index in [9.17, 15) is 5.11 Å². The van der Waals surface area contributed by atoms with Crippen molar-refractivity contribution in [2.75, 3.05) is 18.5 Å². The van der Waals surface area contributed by atoms with Crippen LogP contribution in [0.25, 0.3) is 16.8 Å². The number of hydrogen-bond donors (Lipinski definition) is 2. The van der Waals surface area contributed by atoms with Gasteiger partial charge in [0, 0.05) is 48.2 Å². The summed E-state index contributed by atoms with van der Waals surface area (Å²) in [6.07, 6.45) is 7.55. The molecule has 0 fully saturated rings. The lowest BCUT2D eigenvalue weighted by atomic mass is 10.1. The summed E-state index contributed by atoms with van der Waals surface area (Å²) in [7, 11) is 0. The highest BCUT2D eigenvalue weighted by atomic mass is 35.5. The molecule has 24 heavy (non-hydrogen) atoms. The van der Waals surface area contributed by atoms with E-state index < -0.39 is 0 Å². The number of nitrogens with one attached hydrogen (secondary N) is 1. The van der Waals surface area contributed by atoms with Gasteiger partial charge in [-0.1, -0.05) is 18.5 Å². The minimum atomic E-state index is -0.0816. The molecule has 0 radical (unpaired) electrons. The topological polar surface area (TPSA) is 75.3 Å². The van der Waals surface area contributed by atoms with Gasteiger partial charge in [0.1, 0.15) is 17.3 Å². The fraction of sp³-hybridized carbons (Fsp3) is 0.353. The zero-order valence-corrected chi connectivity index (χ0v) is 14.1. The molecule has 0 saturated carbocycles. The molecule has 4 rings (SSSR count). The van der Waals surface area contributed by atoms with E-state index in [4.69, 9.17) is 11.6 Å². The molecular formula is C17H18ClN5O. The number of halogens is 1. The molecule has 1 aliphatic heterocycles. The quantitative estimate of drug-likeness (QED) is 0.764. The summed E-state index contributed by atoms with van der Waals surface area (Å²) in [5, 5.41) is 13.2. The molecule has 0 aliphatic carbocycles. The van der Waals surface area contributed by atoms with Crippen molar-refractivity contribution >= 4 is 23.1 Å². The van der Waals surface area contributed by atoms with Gasteiger partial charge in [0.25, 0.3) is 0 Å². The van der Waals surface area contributed by atoms with Crippen molar-refractivity contribution in [1.82, 2.24) is 19.4 Å². The second-order valence-electron chi connectivity index (χ2n) is 6.11. The molecule has 0 amide bonds. The van der Waals surface area contributed by atoms with Crippen LogP contribution in [0.1, 0.15) is 30.8 Å². The first-order chi connectivity index (χ1) is 11.7. The molecule has 3 aromatic rings. The zero-order chi connectivity index (χ0) is 16.7. The van der Waals surface area contributed by atoms with Gasteiger partial charge in [-0.25, -0.2) is 15.0 Å². The van der Waals surface area contributed by atoms with E-state index in [1.165, 1.54) is 0 Å². The molecule has 0 aromatic carbocycles. The third kappa shape index (κ3) is 2.52. The van der Waals surface area contributed by atoms with Gasteiger partial charge in [0.15, 0.2) is 0 Å². The minimum Gasteiger partial charge on any atom is -0.396 e. The number of nitrogens with zero attached hydrogens (tertiary/aromatic N) is 4. The Labute approximate surface area is 144 Å². The third-order valence-electron chi connectivity index (χ3n) is 4.36. The van der Waals surface area contributed by atoms with Gasteiger partial charge >= 0.3 is 0 Å². The number of hydrogen-bond acceptors (Lipinski definition) is 5. The highest BCUT2D eigenvalue weighted by Gasteiger charge is 2.18. The van der Waals surface area contributed by atoms with Crippen molar-refractivity contribution in [1.29, 1.82) is 0 Å². The first kappa shape index (κ1) is 15.4. The summed E-state index contributed by atoms with van der Waals surface area (Å²) in [6.45, 7) is 2.87. The van der Waals surface area contributed by atoms with E-state index in [0.717, 1.165) is 47.7 Å². The summed E-state index contributed by atoms with van der Waals surface area (Å²) in [4.78, 5) is 13.4. The van der Waals surface area contributed by atoms with E-state index >= 15 is 0 Å². The monoisotopic (exact) mass is 343 g/mol. The van der Waals surface area contributed by atoms with E-state index in [1.54, 1.807) is 12.4 Å². The van der Waals surface area contributed by atoms with Gasteiger partial charge in [-0.3, -0.25) is 4.40 Å². The van der Waals surface area contributed by atoms with Crippen LogP contribution in [0.5, 0.6) is 0 Å². The number of aryl methyl sites for hydroxylation is 1. The standard InChI is InChI=1S/C17H18ClN5O/c1-10(9-24)16-20-6-11(7-21-16)12-8-23-15(5-13(12)18)22-14-3-2-4-19-17(14)23/h5-8,10,19,24H,2-4,9H2,1H3. The Morgan fingerprint density at radius 2 is 2.17 bits per heavy atom. The molecule has 0 saturated heterocycles. The smallest absolute Gasteiger partial charge is 0.140 e. The van der Waals surface area contributed by atoms with Crippen molar-refractivity contribution in [3.8, 4) is 11.1 Å². The lowest BCUT2D eigenvalue weighted by molar-refractivity contribution is 0.268. The van der Waals surface area contributed by atoms with Crippen molar-refractivity contribution in [3.63, 3.8) is 0 Å². The zero-order valence-electron chi connectivity index (χ0n) is 13.3. The molecule has 4 heterocycles. The van der Waals surface area contributed by atoms with Crippen LogP contribution < -0.4 is 5.32 Å². The SMILES string of the molecule is CC(CO)c1ncc(-c2cn3c4c(nc3cc2Cl)CCCN4)cn1. The summed E-state index contributed by atoms with van der Waals surface area (Å²) in [6, 6.07) is 1.88. The molecule has 124 valence electrons. The summed E-state index contributed by atoms with van der Waals surface area (Å²) < 4.78 is 2.04. The molecule has 1 unspecified atom stereocenters. The van der Waals surface area contributed by atoms with Crippen LogP contribution in [0.15, 0.2) is 24.7 Å². The molecule has 1 atom stereocenters. The second kappa shape index (κ2) is 6.03. The molecule has 2 N–H and O–H groups in total. The first-order valence-corrected chi connectivity index (χ1v) is 8.42. The maximum Gasteiger partial charge on any atom is 0.140 e. The van der Waals surface area contributed by atoms with Gasteiger partial charge < -0.3 is 10.4 Å². The van der Waals surface area contributed by atoms with Gasteiger partial charge in [-0.2, -0.15) is 0 Å². The van der Waals surface area contributed by atoms with Crippen LogP contribution in [-0.2, 0) is 6.42 Å². The Kier molecular flexibility index (Phi) is 3.86. The van der Waals surface area contributed by atoms with Crippen LogP contribution in [-0.4, -0.2) is 37.6 Å². The van der Waals surface area contributed by atoms with E-state index in [0.29, 0.717) is 10.8 Å². The molecule has 1 aliphatic rings. The summed E-state index contributed by atoms with van der Waals surface area (Å²) in [5.74, 6) is 1.59. The number of anilines is 1. The molecule has 6 nitrogen and oxygen atoms in total. The lowest BCUT2D eigenvalue weighted by Crippen LogP contribution is -2.12. The Morgan fingerprint density at radius 1 is 1.38 bits per heavy atom. The third-order valence-corrected chi connectivity index (χ3v) is 4.67. The minimum absolute atomic E-state index is 0.0267. The number of pyridine rings is 1. The maximum absolute atomic E-state index is 9.21.